The number of hydrogen-bond acceptors (Lipinski definition) is 0. The van der Waals surface area contributed by atoms with E-state index in [-0.39, 0.29) is 0 Å². The average molecular weight is 349 g/mol. The number of alkyl halides is 2. The maximum atomic E-state index is 2.54. The molecule has 0 N–H and O–H groups in total. The van der Waals surface area contributed by atoms with Crippen molar-refractivity contribution < 1.29 is 18.4 Å². The van der Waals surface area contributed by atoms with E-state index in [1.165, 1.54) is 15.6 Å². The van der Waals surface area contributed by atoms with Crippen molar-refractivity contribution in [2.24, 2.45) is 0 Å². The van der Waals surface area contributed by atoms with Crippen molar-refractivity contribution in [1.82, 2.24) is 0 Å². The third-order valence-corrected chi connectivity index (χ3v) is 12.9. The standard InChI is InChI=1S/C17H18I/c1-3-4-13-18(2)16-11-7-5-9-14(16)15-10-6-8-12-17(15)18/h3-12H,13H2,1-2H3/q-1/b4-3-. The molecule has 0 fully saturated rings. The van der Waals surface area contributed by atoms with Gasteiger partial charge in [-0.3, -0.25) is 0 Å². The fourth-order valence-corrected chi connectivity index (χ4v) is 11.2. The van der Waals surface area contributed by atoms with Crippen molar-refractivity contribution in [2.75, 3.05) is 9.36 Å². The third-order valence-electron chi connectivity index (χ3n) is 3.57. The van der Waals surface area contributed by atoms with Crippen molar-refractivity contribution in [3.63, 3.8) is 0 Å². The molecule has 1 heteroatoms. The van der Waals surface area contributed by atoms with Crippen molar-refractivity contribution in [1.29, 1.82) is 0 Å². The van der Waals surface area contributed by atoms with Crippen LogP contribution in [0.2, 0.25) is 0 Å². The molecule has 0 bridgehead atoms. The van der Waals surface area contributed by atoms with Gasteiger partial charge < -0.3 is 0 Å². The van der Waals surface area contributed by atoms with Crippen LogP contribution >= 0.6 is 0 Å². The van der Waals surface area contributed by atoms with Gasteiger partial charge in [-0.05, 0) is 0 Å². The fraction of sp³-hybridized carbons (Fsp3) is 0.176. The van der Waals surface area contributed by atoms with Gasteiger partial charge in [-0.1, -0.05) is 0 Å². The van der Waals surface area contributed by atoms with Crippen LogP contribution < -0.4 is 18.4 Å². The first-order valence-corrected chi connectivity index (χ1v) is 12.1. The van der Waals surface area contributed by atoms with Gasteiger partial charge in [0.15, 0.2) is 0 Å². The van der Waals surface area contributed by atoms with Crippen molar-refractivity contribution in [3.05, 3.63) is 67.8 Å². The molecule has 0 radical (unpaired) electrons. The predicted molar refractivity (Wildman–Crippen MR) is 74.9 cm³/mol. The average Bonchev–Trinajstić information content (AvgIpc) is 2.69. The summed E-state index contributed by atoms with van der Waals surface area (Å²) in [5.74, 6) is 0. The van der Waals surface area contributed by atoms with Gasteiger partial charge in [-0.2, -0.15) is 0 Å². The van der Waals surface area contributed by atoms with E-state index in [2.05, 4.69) is 72.5 Å². The summed E-state index contributed by atoms with van der Waals surface area (Å²) < 4.78 is 4.53. The van der Waals surface area contributed by atoms with Crippen molar-refractivity contribution in [3.8, 4) is 11.1 Å². The summed E-state index contributed by atoms with van der Waals surface area (Å²) in [6.45, 7) is 2.12. The van der Waals surface area contributed by atoms with Crippen LogP contribution in [0.25, 0.3) is 11.1 Å². The van der Waals surface area contributed by atoms with E-state index >= 15 is 0 Å². The molecular formula is C17H18I-. The van der Waals surface area contributed by atoms with Gasteiger partial charge in [0.25, 0.3) is 0 Å². The molecule has 0 nitrogen and oxygen atoms in total. The summed E-state index contributed by atoms with van der Waals surface area (Å²) in [7, 11) is 0. The van der Waals surface area contributed by atoms with E-state index in [0.717, 1.165) is 0 Å². The molecule has 1 heterocycles. The number of fused-ring (bicyclic) bond motifs is 3. The molecule has 0 saturated heterocycles. The quantitative estimate of drug-likeness (QED) is 0.432. The molecule has 2 aromatic carbocycles. The Labute approximate surface area is 113 Å². The Bertz CT molecular complexity index is 565. The first-order valence-electron chi connectivity index (χ1n) is 6.25. The number of rotatable bonds is 2. The van der Waals surface area contributed by atoms with Gasteiger partial charge in [-0.25, -0.2) is 0 Å². The Morgan fingerprint density at radius 2 is 1.39 bits per heavy atom. The molecule has 2 aromatic rings. The number of allylic oxidation sites excluding steroid dienone is 2. The van der Waals surface area contributed by atoms with E-state index in [0.29, 0.717) is 0 Å². The summed E-state index contributed by atoms with van der Waals surface area (Å²) in [6, 6.07) is 18.0. The van der Waals surface area contributed by atoms with Crippen LogP contribution in [0, 0.1) is 7.14 Å². The van der Waals surface area contributed by atoms with Crippen molar-refractivity contribution in [2.45, 2.75) is 6.92 Å². The second-order valence-electron chi connectivity index (χ2n) is 4.69. The Kier molecular flexibility index (Phi) is 3.02. The number of hydrogen-bond donors (Lipinski definition) is 0. The maximum absolute atomic E-state index is 2.54. The summed E-state index contributed by atoms with van der Waals surface area (Å²) in [5, 5.41) is 0. The van der Waals surface area contributed by atoms with Crippen LogP contribution in [0.3, 0.4) is 0 Å². The summed E-state index contributed by atoms with van der Waals surface area (Å²) in [5.41, 5.74) is 2.97. The predicted octanol–water partition coefficient (Wildman–Crippen LogP) is 1.07. The van der Waals surface area contributed by atoms with Gasteiger partial charge in [0.2, 0.25) is 0 Å². The zero-order valence-corrected chi connectivity index (χ0v) is 13.0. The van der Waals surface area contributed by atoms with Gasteiger partial charge in [0.05, 0.1) is 0 Å². The van der Waals surface area contributed by atoms with Crippen LogP contribution in [0.15, 0.2) is 60.7 Å². The van der Waals surface area contributed by atoms with Crippen molar-refractivity contribution >= 4 is 0 Å². The van der Waals surface area contributed by atoms with E-state index in [9.17, 15) is 0 Å². The Morgan fingerprint density at radius 1 is 0.889 bits per heavy atom. The molecule has 94 valence electrons. The topological polar surface area (TPSA) is 0 Å². The van der Waals surface area contributed by atoms with E-state index < -0.39 is 18.4 Å². The third kappa shape index (κ3) is 1.64. The second kappa shape index (κ2) is 4.54. The monoisotopic (exact) mass is 349 g/mol. The molecule has 0 aromatic heterocycles. The molecular weight excluding hydrogens is 331 g/mol. The summed E-state index contributed by atoms with van der Waals surface area (Å²) in [4.78, 5) is 2.54. The SMILES string of the molecule is C/C=C\C[I-]1(C)c2ccccc2-c2ccccc21. The normalized spacial score (nSPS) is 17.4. The molecule has 18 heavy (non-hydrogen) atoms. The zero-order valence-electron chi connectivity index (χ0n) is 10.9. The van der Waals surface area contributed by atoms with E-state index in [1.807, 2.05) is 0 Å². The van der Waals surface area contributed by atoms with Crippen LogP contribution in [-0.2, 0) is 0 Å². The number of benzene rings is 2. The molecule has 0 unspecified atom stereocenters. The summed E-state index contributed by atoms with van der Waals surface area (Å²) >= 11 is -2.03. The van der Waals surface area contributed by atoms with Gasteiger partial charge >= 0.3 is 114 Å². The number of halogens is 1. The van der Waals surface area contributed by atoms with E-state index in [4.69, 9.17) is 0 Å². The molecule has 1 aliphatic heterocycles. The molecule has 0 atom stereocenters. The van der Waals surface area contributed by atoms with E-state index in [1.54, 1.807) is 7.14 Å². The first-order chi connectivity index (χ1) is 8.77. The van der Waals surface area contributed by atoms with Crippen LogP contribution in [0.4, 0.5) is 0 Å². The minimum absolute atomic E-state index is 1.25. The summed E-state index contributed by atoms with van der Waals surface area (Å²) in [6.07, 6.45) is 4.55. The molecule has 0 aliphatic carbocycles. The Hall–Kier alpha value is -1.09. The van der Waals surface area contributed by atoms with Crippen LogP contribution in [0.1, 0.15) is 6.92 Å². The molecule has 3 rings (SSSR count). The van der Waals surface area contributed by atoms with Gasteiger partial charge in [-0.15, -0.1) is 0 Å². The first kappa shape index (κ1) is 12.0. The zero-order chi connectivity index (χ0) is 12.6. The molecule has 1 aliphatic rings. The second-order valence-corrected chi connectivity index (χ2v) is 13.6. The van der Waals surface area contributed by atoms with Gasteiger partial charge in [0.1, 0.15) is 0 Å². The minimum atomic E-state index is -2.03. The van der Waals surface area contributed by atoms with Crippen LogP contribution in [-0.4, -0.2) is 9.36 Å². The molecule has 0 spiro atoms. The molecule has 0 saturated carbocycles. The molecule has 0 amide bonds. The van der Waals surface area contributed by atoms with Gasteiger partial charge in [0, 0.05) is 0 Å². The Balaban J connectivity index is 2.26. The van der Waals surface area contributed by atoms with Crippen LogP contribution in [0.5, 0.6) is 0 Å². The fourth-order valence-electron chi connectivity index (χ4n) is 2.63. The Morgan fingerprint density at radius 3 is 1.89 bits per heavy atom.